The Balaban J connectivity index is 1.19. The van der Waals surface area contributed by atoms with Crippen LogP contribution in [0.25, 0.3) is 11.0 Å². The fourth-order valence-corrected chi connectivity index (χ4v) is 5.98. The van der Waals surface area contributed by atoms with Crippen LogP contribution in [0.3, 0.4) is 0 Å². The SMILES string of the molecule is COC(=O)c1ccccc1Oc1nc(Cc2ccc(N3CCC(N4CCN(C)CC4)CC3)cc2OC)nc2cc[nH]c12. The number of nitrogens with zero attached hydrogens (tertiary/aromatic N) is 5. The number of methoxy groups -OCH3 is 2. The Morgan fingerprint density at radius 1 is 0.952 bits per heavy atom. The number of carbonyl (C=O) groups excluding carboxylic acids is 1. The van der Waals surface area contributed by atoms with Gasteiger partial charge in [0.1, 0.15) is 28.4 Å². The number of benzene rings is 2. The Morgan fingerprint density at radius 2 is 1.74 bits per heavy atom. The normalized spacial score (nSPS) is 17.0. The molecule has 0 bridgehead atoms. The van der Waals surface area contributed by atoms with Gasteiger partial charge in [0.25, 0.3) is 0 Å². The van der Waals surface area contributed by atoms with Crippen molar-refractivity contribution < 1.29 is 19.0 Å². The van der Waals surface area contributed by atoms with Crippen LogP contribution >= 0.6 is 0 Å². The van der Waals surface area contributed by atoms with Crippen molar-refractivity contribution in [3.05, 3.63) is 71.7 Å². The van der Waals surface area contributed by atoms with Gasteiger partial charge in [0, 0.05) is 75.2 Å². The summed E-state index contributed by atoms with van der Waals surface area (Å²) in [6.45, 7) is 6.75. The first kappa shape index (κ1) is 28.0. The van der Waals surface area contributed by atoms with Gasteiger partial charge < -0.3 is 29.0 Å². The van der Waals surface area contributed by atoms with E-state index in [2.05, 4.69) is 44.9 Å². The van der Waals surface area contributed by atoms with Gasteiger partial charge in [-0.1, -0.05) is 18.2 Å². The summed E-state index contributed by atoms with van der Waals surface area (Å²) in [5.41, 5.74) is 3.87. The summed E-state index contributed by atoms with van der Waals surface area (Å²) in [7, 11) is 5.26. The van der Waals surface area contributed by atoms with Crippen molar-refractivity contribution in [2.24, 2.45) is 0 Å². The second kappa shape index (κ2) is 12.4. The van der Waals surface area contributed by atoms with E-state index in [1.807, 2.05) is 6.07 Å². The number of ether oxygens (including phenoxy) is 3. The third-order valence-electron chi connectivity index (χ3n) is 8.42. The van der Waals surface area contributed by atoms with Crippen LogP contribution in [0.1, 0.15) is 34.6 Å². The number of aromatic nitrogens is 3. The number of rotatable bonds is 8. The van der Waals surface area contributed by atoms with Gasteiger partial charge in [0.15, 0.2) is 0 Å². The molecule has 0 atom stereocenters. The number of esters is 1. The van der Waals surface area contributed by atoms with Crippen LogP contribution in [0, 0.1) is 0 Å². The molecule has 4 heterocycles. The zero-order valence-corrected chi connectivity index (χ0v) is 24.5. The van der Waals surface area contributed by atoms with Crippen LogP contribution in [0.5, 0.6) is 17.4 Å². The average molecular weight is 571 g/mol. The van der Waals surface area contributed by atoms with E-state index >= 15 is 0 Å². The number of piperidine rings is 1. The van der Waals surface area contributed by atoms with Crippen molar-refractivity contribution in [1.29, 1.82) is 0 Å². The molecule has 4 aromatic rings. The first-order valence-corrected chi connectivity index (χ1v) is 14.6. The fourth-order valence-electron chi connectivity index (χ4n) is 5.98. The predicted octanol–water partition coefficient (Wildman–Crippen LogP) is 4.35. The lowest BCUT2D eigenvalue weighted by Crippen LogP contribution is -2.52. The molecule has 42 heavy (non-hydrogen) atoms. The van der Waals surface area contributed by atoms with E-state index in [9.17, 15) is 4.79 Å². The highest BCUT2D eigenvalue weighted by molar-refractivity contribution is 5.92. The van der Waals surface area contributed by atoms with Crippen LogP contribution in [0.2, 0.25) is 0 Å². The molecule has 2 aliphatic heterocycles. The smallest absolute Gasteiger partial charge is 0.341 e. The Hall–Kier alpha value is -4.15. The van der Waals surface area contributed by atoms with Gasteiger partial charge in [-0.2, -0.15) is 4.98 Å². The average Bonchev–Trinajstić information content (AvgIpc) is 3.51. The number of carbonyl (C=O) groups is 1. The van der Waals surface area contributed by atoms with Gasteiger partial charge in [-0.15, -0.1) is 0 Å². The first-order chi connectivity index (χ1) is 20.5. The van der Waals surface area contributed by atoms with Gasteiger partial charge in [-0.25, -0.2) is 9.78 Å². The molecule has 1 N–H and O–H groups in total. The number of nitrogens with one attached hydrogen (secondary N) is 1. The minimum absolute atomic E-state index is 0.324. The lowest BCUT2D eigenvalue weighted by molar-refractivity contribution is 0.0598. The molecule has 10 heteroatoms. The Labute approximate surface area is 246 Å². The maximum absolute atomic E-state index is 12.3. The van der Waals surface area contributed by atoms with Gasteiger partial charge >= 0.3 is 5.97 Å². The van der Waals surface area contributed by atoms with Crippen molar-refractivity contribution in [3.63, 3.8) is 0 Å². The van der Waals surface area contributed by atoms with Crippen LogP contribution in [0.4, 0.5) is 5.69 Å². The number of aromatic amines is 1. The molecule has 2 aromatic carbocycles. The number of hydrogen-bond acceptors (Lipinski definition) is 9. The van der Waals surface area contributed by atoms with Gasteiger partial charge in [0.2, 0.25) is 5.88 Å². The molecule has 220 valence electrons. The van der Waals surface area contributed by atoms with Crippen molar-refractivity contribution in [1.82, 2.24) is 24.8 Å². The number of likely N-dealkylation sites (N-methyl/N-ethyl adjacent to an activating group) is 1. The summed E-state index contributed by atoms with van der Waals surface area (Å²) >= 11 is 0. The molecule has 6 rings (SSSR count). The highest BCUT2D eigenvalue weighted by Crippen LogP contribution is 2.32. The molecule has 2 aromatic heterocycles. The van der Waals surface area contributed by atoms with Crippen molar-refractivity contribution in [2.75, 3.05) is 65.4 Å². The van der Waals surface area contributed by atoms with Gasteiger partial charge in [-0.3, -0.25) is 4.90 Å². The first-order valence-electron chi connectivity index (χ1n) is 14.6. The maximum atomic E-state index is 12.3. The molecule has 0 spiro atoms. The molecule has 2 aliphatic rings. The molecule has 0 radical (unpaired) electrons. The summed E-state index contributed by atoms with van der Waals surface area (Å²) in [6.07, 6.45) is 4.62. The third-order valence-corrected chi connectivity index (χ3v) is 8.42. The van der Waals surface area contributed by atoms with Crippen molar-refractivity contribution in [2.45, 2.75) is 25.3 Å². The zero-order valence-electron chi connectivity index (χ0n) is 24.5. The number of H-pyrrole nitrogens is 1. The third kappa shape index (κ3) is 5.91. The van der Waals surface area contributed by atoms with E-state index in [-0.39, 0.29) is 0 Å². The second-order valence-electron chi connectivity index (χ2n) is 11.0. The fraction of sp³-hybridized carbons (Fsp3) is 0.406. The van der Waals surface area contributed by atoms with E-state index in [4.69, 9.17) is 24.2 Å². The molecule has 2 saturated heterocycles. The maximum Gasteiger partial charge on any atom is 0.341 e. The highest BCUT2D eigenvalue weighted by Gasteiger charge is 2.27. The van der Waals surface area contributed by atoms with Crippen LogP contribution < -0.4 is 14.4 Å². The molecule has 0 unspecified atom stereocenters. The molecular formula is C32H38N6O4. The molecule has 0 amide bonds. The molecule has 0 saturated carbocycles. The molecule has 0 aliphatic carbocycles. The number of piperazine rings is 1. The van der Waals surface area contributed by atoms with Crippen molar-refractivity contribution >= 4 is 22.7 Å². The van der Waals surface area contributed by atoms with E-state index in [1.54, 1.807) is 37.6 Å². The largest absolute Gasteiger partial charge is 0.496 e. The lowest BCUT2D eigenvalue weighted by atomic mass is 10.0. The zero-order chi connectivity index (χ0) is 29.1. The minimum Gasteiger partial charge on any atom is -0.496 e. The Kier molecular flexibility index (Phi) is 8.25. The number of para-hydroxylation sites is 1. The van der Waals surface area contributed by atoms with Gasteiger partial charge in [0.05, 0.1) is 19.7 Å². The highest BCUT2D eigenvalue weighted by atomic mass is 16.5. The number of hydrogen-bond donors (Lipinski definition) is 1. The summed E-state index contributed by atoms with van der Waals surface area (Å²) < 4.78 is 16.9. The molecule has 2 fully saturated rings. The summed E-state index contributed by atoms with van der Waals surface area (Å²) in [6, 6.07) is 15.9. The van der Waals surface area contributed by atoms with Crippen LogP contribution in [-0.2, 0) is 11.2 Å². The van der Waals surface area contributed by atoms with Crippen LogP contribution in [-0.4, -0.2) is 97.3 Å². The van der Waals surface area contributed by atoms with Crippen LogP contribution in [0.15, 0.2) is 54.7 Å². The lowest BCUT2D eigenvalue weighted by Gasteiger charge is -2.42. The minimum atomic E-state index is -0.476. The van der Waals surface area contributed by atoms with E-state index in [0.717, 1.165) is 43.0 Å². The number of anilines is 1. The summed E-state index contributed by atoms with van der Waals surface area (Å²) in [4.78, 5) is 32.5. The monoisotopic (exact) mass is 570 g/mol. The molecular weight excluding hydrogens is 532 g/mol. The second-order valence-corrected chi connectivity index (χ2v) is 11.0. The van der Waals surface area contributed by atoms with E-state index < -0.39 is 5.97 Å². The quantitative estimate of drug-likeness (QED) is 0.310. The predicted molar refractivity (Wildman–Crippen MR) is 162 cm³/mol. The summed E-state index contributed by atoms with van der Waals surface area (Å²) in [5, 5.41) is 0. The number of fused-ring (bicyclic) bond motifs is 1. The summed E-state index contributed by atoms with van der Waals surface area (Å²) in [5.74, 6) is 1.63. The molecule has 10 nitrogen and oxygen atoms in total. The van der Waals surface area contributed by atoms with E-state index in [0.29, 0.717) is 41.0 Å². The standard InChI is InChI=1S/C32H38N6O4/c1-36-16-18-38(19-17-36)23-11-14-37(15-12-23)24-9-8-22(28(21-24)40-2)20-29-34-26-10-13-33-30(26)31(35-29)42-27-7-5-4-6-25(27)32(39)41-3/h4-10,13,21,23,33H,11-12,14-20H2,1-3H3. The topological polar surface area (TPSA) is 96.1 Å². The van der Waals surface area contributed by atoms with Gasteiger partial charge in [-0.05, 0) is 44.2 Å². The Bertz CT molecular complexity index is 1540. The Morgan fingerprint density at radius 3 is 2.50 bits per heavy atom. The van der Waals surface area contributed by atoms with Crippen molar-refractivity contribution in [3.8, 4) is 17.4 Å². The van der Waals surface area contributed by atoms with E-state index in [1.165, 1.54) is 38.7 Å².